The van der Waals surface area contributed by atoms with Crippen molar-refractivity contribution in [2.24, 2.45) is 7.05 Å². The maximum Gasteiger partial charge on any atom is 0.330 e. The molecular weight excluding hydrogens is 400 g/mol. The molecule has 0 aliphatic rings. The van der Waals surface area contributed by atoms with Gasteiger partial charge in [0.1, 0.15) is 11.3 Å². The van der Waals surface area contributed by atoms with Crippen LogP contribution in [0.1, 0.15) is 30.9 Å². The molecular formula is C25H24N6O. The second-order valence-electron chi connectivity index (χ2n) is 8.21. The number of H-pyrrole nitrogens is 1. The number of rotatable bonds is 5. The van der Waals surface area contributed by atoms with Crippen molar-refractivity contribution in [2.45, 2.75) is 26.3 Å². The second kappa shape index (κ2) is 7.92. The number of nitrogens with one attached hydrogen (secondary N) is 1. The molecule has 0 saturated carbocycles. The standard InChI is InChI=1S/C25H24N6O/c1-16(2)19-6-4-5-7-20(19)23-28-14-21-24(29-23)31(25(32)30(21)3)15-17-8-10-18(11-9-17)22-26-12-13-27-22/h4-14,16H,15H2,1-3H3,(H,26,27). The van der Waals surface area contributed by atoms with Crippen LogP contribution in [0.3, 0.4) is 0 Å². The number of nitrogens with zero attached hydrogens (tertiary/aromatic N) is 5. The number of fused-ring (bicyclic) bond motifs is 1. The average molecular weight is 425 g/mol. The zero-order chi connectivity index (χ0) is 22.2. The maximum atomic E-state index is 13.0. The van der Waals surface area contributed by atoms with Gasteiger partial charge in [0.15, 0.2) is 11.5 Å². The Morgan fingerprint density at radius 3 is 2.53 bits per heavy atom. The fraction of sp³-hybridized carbons (Fsp3) is 0.200. The molecule has 2 aromatic carbocycles. The zero-order valence-electron chi connectivity index (χ0n) is 18.3. The Morgan fingerprint density at radius 1 is 1.03 bits per heavy atom. The summed E-state index contributed by atoms with van der Waals surface area (Å²) in [5.41, 5.74) is 5.43. The van der Waals surface area contributed by atoms with Crippen molar-refractivity contribution < 1.29 is 0 Å². The van der Waals surface area contributed by atoms with Crippen molar-refractivity contribution in [1.82, 2.24) is 29.1 Å². The Morgan fingerprint density at radius 2 is 1.81 bits per heavy atom. The first-order valence-corrected chi connectivity index (χ1v) is 10.6. The normalized spacial score (nSPS) is 11.5. The maximum absolute atomic E-state index is 13.0. The second-order valence-corrected chi connectivity index (χ2v) is 8.21. The van der Waals surface area contributed by atoms with Gasteiger partial charge in [0, 0.05) is 30.6 Å². The lowest BCUT2D eigenvalue weighted by molar-refractivity contribution is 0.731. The van der Waals surface area contributed by atoms with E-state index in [4.69, 9.17) is 4.98 Å². The lowest BCUT2D eigenvalue weighted by Gasteiger charge is -2.11. The van der Waals surface area contributed by atoms with Gasteiger partial charge in [-0.1, -0.05) is 62.4 Å². The molecule has 3 aromatic heterocycles. The van der Waals surface area contributed by atoms with E-state index in [0.717, 1.165) is 22.5 Å². The largest absolute Gasteiger partial charge is 0.345 e. The molecule has 5 aromatic rings. The summed E-state index contributed by atoms with van der Waals surface area (Å²) in [7, 11) is 1.76. The summed E-state index contributed by atoms with van der Waals surface area (Å²) < 4.78 is 3.31. The topological polar surface area (TPSA) is 81.4 Å². The molecule has 32 heavy (non-hydrogen) atoms. The summed E-state index contributed by atoms with van der Waals surface area (Å²) >= 11 is 0. The van der Waals surface area contributed by atoms with Crippen LogP contribution in [0.2, 0.25) is 0 Å². The molecule has 7 nitrogen and oxygen atoms in total. The van der Waals surface area contributed by atoms with Crippen LogP contribution in [-0.4, -0.2) is 29.1 Å². The number of imidazole rings is 2. The van der Waals surface area contributed by atoms with Crippen molar-refractivity contribution >= 4 is 11.2 Å². The molecule has 0 fully saturated rings. The van der Waals surface area contributed by atoms with Crippen LogP contribution in [0.15, 0.2) is 71.9 Å². The van der Waals surface area contributed by atoms with E-state index in [-0.39, 0.29) is 5.69 Å². The van der Waals surface area contributed by atoms with E-state index in [2.05, 4.69) is 34.9 Å². The summed E-state index contributed by atoms with van der Waals surface area (Å²) in [4.78, 5) is 29.8. The first kappa shape index (κ1) is 19.9. The summed E-state index contributed by atoms with van der Waals surface area (Å²) in [6.07, 6.45) is 5.27. The Labute approximate surface area is 185 Å². The van der Waals surface area contributed by atoms with E-state index in [0.29, 0.717) is 29.5 Å². The van der Waals surface area contributed by atoms with E-state index >= 15 is 0 Å². The molecule has 0 atom stereocenters. The number of aryl methyl sites for hydroxylation is 1. The summed E-state index contributed by atoms with van der Waals surface area (Å²) in [5.74, 6) is 1.80. The van der Waals surface area contributed by atoms with E-state index in [1.807, 2.05) is 42.5 Å². The predicted octanol–water partition coefficient (Wildman–Crippen LogP) is 4.36. The molecule has 0 bridgehead atoms. The minimum atomic E-state index is -0.112. The summed E-state index contributed by atoms with van der Waals surface area (Å²) in [6, 6.07) is 16.2. The van der Waals surface area contributed by atoms with E-state index in [9.17, 15) is 4.79 Å². The van der Waals surface area contributed by atoms with Gasteiger partial charge in [-0.25, -0.2) is 19.7 Å². The molecule has 7 heteroatoms. The van der Waals surface area contributed by atoms with Crippen molar-refractivity contribution in [3.8, 4) is 22.8 Å². The van der Waals surface area contributed by atoms with E-state index in [1.165, 1.54) is 5.56 Å². The van der Waals surface area contributed by atoms with Gasteiger partial charge in [0.2, 0.25) is 0 Å². The van der Waals surface area contributed by atoms with Crippen LogP contribution in [-0.2, 0) is 13.6 Å². The molecule has 0 spiro atoms. The Hall–Kier alpha value is -4.00. The first-order chi connectivity index (χ1) is 15.5. The predicted molar refractivity (Wildman–Crippen MR) is 125 cm³/mol. The third-order valence-corrected chi connectivity index (χ3v) is 5.77. The quantitative estimate of drug-likeness (QED) is 0.455. The molecule has 0 aliphatic carbocycles. The van der Waals surface area contributed by atoms with E-state index in [1.54, 1.807) is 34.8 Å². The highest BCUT2D eigenvalue weighted by atomic mass is 16.1. The smallest absolute Gasteiger partial charge is 0.330 e. The fourth-order valence-electron chi connectivity index (χ4n) is 4.03. The summed E-state index contributed by atoms with van der Waals surface area (Å²) in [5, 5.41) is 0. The number of aromatic nitrogens is 6. The van der Waals surface area contributed by atoms with Gasteiger partial charge in [-0.3, -0.25) is 9.13 Å². The number of hydrogen-bond donors (Lipinski definition) is 1. The highest BCUT2D eigenvalue weighted by Gasteiger charge is 2.17. The fourth-order valence-corrected chi connectivity index (χ4v) is 4.03. The van der Waals surface area contributed by atoms with Crippen LogP contribution >= 0.6 is 0 Å². The van der Waals surface area contributed by atoms with Gasteiger partial charge in [-0.05, 0) is 17.0 Å². The Bertz CT molecular complexity index is 1440. The van der Waals surface area contributed by atoms with Crippen LogP contribution in [0.5, 0.6) is 0 Å². The minimum Gasteiger partial charge on any atom is -0.345 e. The molecule has 1 N–H and O–H groups in total. The van der Waals surface area contributed by atoms with Crippen LogP contribution < -0.4 is 5.69 Å². The van der Waals surface area contributed by atoms with Crippen LogP contribution in [0.4, 0.5) is 0 Å². The SMILES string of the molecule is CC(C)c1ccccc1-c1ncc2c(n1)n(Cc1ccc(-c3ncc[nH]3)cc1)c(=O)n2C. The Kier molecular flexibility index (Phi) is 4.93. The molecule has 0 unspecified atom stereocenters. The molecule has 0 amide bonds. The molecule has 160 valence electrons. The van der Waals surface area contributed by atoms with Gasteiger partial charge in [0.05, 0.1) is 12.7 Å². The van der Waals surface area contributed by atoms with Gasteiger partial charge in [-0.2, -0.15) is 0 Å². The van der Waals surface area contributed by atoms with Crippen molar-refractivity contribution in [1.29, 1.82) is 0 Å². The van der Waals surface area contributed by atoms with Crippen molar-refractivity contribution in [3.05, 3.63) is 88.7 Å². The molecule has 0 saturated heterocycles. The minimum absolute atomic E-state index is 0.112. The van der Waals surface area contributed by atoms with Gasteiger partial charge in [0.25, 0.3) is 0 Å². The summed E-state index contributed by atoms with van der Waals surface area (Å²) in [6.45, 7) is 4.74. The third kappa shape index (κ3) is 3.41. The number of hydrogen-bond acceptors (Lipinski definition) is 4. The van der Waals surface area contributed by atoms with E-state index < -0.39 is 0 Å². The first-order valence-electron chi connectivity index (χ1n) is 10.6. The lowest BCUT2D eigenvalue weighted by Crippen LogP contribution is -2.22. The van der Waals surface area contributed by atoms with Crippen LogP contribution in [0, 0.1) is 0 Å². The Balaban J connectivity index is 1.57. The molecule has 0 aliphatic heterocycles. The number of benzene rings is 2. The monoisotopic (exact) mass is 424 g/mol. The van der Waals surface area contributed by atoms with Crippen LogP contribution in [0.25, 0.3) is 33.9 Å². The van der Waals surface area contributed by atoms with Crippen molar-refractivity contribution in [2.75, 3.05) is 0 Å². The van der Waals surface area contributed by atoms with Gasteiger partial charge >= 0.3 is 5.69 Å². The molecule has 5 rings (SSSR count). The molecule has 0 radical (unpaired) electrons. The van der Waals surface area contributed by atoms with Gasteiger partial charge in [-0.15, -0.1) is 0 Å². The zero-order valence-corrected chi connectivity index (χ0v) is 18.3. The molecule has 3 heterocycles. The average Bonchev–Trinajstić information content (AvgIpc) is 3.43. The van der Waals surface area contributed by atoms with Gasteiger partial charge < -0.3 is 4.98 Å². The highest BCUT2D eigenvalue weighted by Crippen LogP contribution is 2.27. The number of aromatic amines is 1. The highest BCUT2D eigenvalue weighted by molar-refractivity contribution is 5.74. The lowest BCUT2D eigenvalue weighted by atomic mass is 9.97. The van der Waals surface area contributed by atoms with Crippen molar-refractivity contribution in [3.63, 3.8) is 0 Å². The third-order valence-electron chi connectivity index (χ3n) is 5.77.